The van der Waals surface area contributed by atoms with Crippen molar-refractivity contribution in [3.63, 3.8) is 0 Å². The van der Waals surface area contributed by atoms with Crippen molar-refractivity contribution in [3.8, 4) is 0 Å². The highest BCUT2D eigenvalue weighted by atomic mass is 16.3. The van der Waals surface area contributed by atoms with Crippen LogP contribution in [0, 0.1) is 11.3 Å². The zero-order valence-corrected chi connectivity index (χ0v) is 14.9. The summed E-state index contributed by atoms with van der Waals surface area (Å²) in [6.45, 7) is 5.92. The summed E-state index contributed by atoms with van der Waals surface area (Å²) < 4.78 is 0. The SMILES string of the molecule is CCc1cccc(C2CCC3(C2)CN(C(=O)C2CC(C)(O)C2)C3)c1. The smallest absolute Gasteiger partial charge is 0.225 e. The lowest BCUT2D eigenvalue weighted by atomic mass is 9.69. The van der Waals surface area contributed by atoms with E-state index in [-0.39, 0.29) is 11.8 Å². The fourth-order valence-electron chi connectivity index (χ4n) is 5.20. The van der Waals surface area contributed by atoms with Crippen molar-refractivity contribution < 1.29 is 9.90 Å². The van der Waals surface area contributed by atoms with Crippen LogP contribution in [0.4, 0.5) is 0 Å². The molecule has 24 heavy (non-hydrogen) atoms. The summed E-state index contributed by atoms with van der Waals surface area (Å²) >= 11 is 0. The van der Waals surface area contributed by atoms with Gasteiger partial charge in [-0.05, 0) is 62.5 Å². The van der Waals surface area contributed by atoms with Crippen LogP contribution in [0.5, 0.6) is 0 Å². The zero-order valence-electron chi connectivity index (χ0n) is 14.9. The predicted molar refractivity (Wildman–Crippen MR) is 94.8 cm³/mol. The molecule has 0 radical (unpaired) electrons. The molecule has 0 aromatic heterocycles. The number of aliphatic hydroxyl groups is 1. The number of carbonyl (C=O) groups is 1. The quantitative estimate of drug-likeness (QED) is 0.923. The third-order valence-corrected chi connectivity index (χ3v) is 6.62. The van der Waals surface area contributed by atoms with Crippen LogP contribution in [0.3, 0.4) is 0 Å². The van der Waals surface area contributed by atoms with Crippen LogP contribution in [0.15, 0.2) is 24.3 Å². The second-order valence-corrected chi connectivity index (χ2v) is 8.83. The molecule has 1 aromatic rings. The first kappa shape index (κ1) is 16.1. The Kier molecular flexibility index (Phi) is 3.76. The van der Waals surface area contributed by atoms with E-state index < -0.39 is 5.60 Å². The molecule has 1 saturated heterocycles. The van der Waals surface area contributed by atoms with E-state index in [0.29, 0.717) is 24.2 Å². The predicted octanol–water partition coefficient (Wildman–Crippen LogP) is 3.51. The van der Waals surface area contributed by atoms with Gasteiger partial charge in [0, 0.05) is 24.4 Å². The molecule has 3 heteroatoms. The normalized spacial score (nSPS) is 34.0. The fourth-order valence-corrected chi connectivity index (χ4v) is 5.20. The summed E-state index contributed by atoms with van der Waals surface area (Å²) in [7, 11) is 0. The number of likely N-dealkylation sites (tertiary alicyclic amines) is 1. The monoisotopic (exact) mass is 327 g/mol. The molecule has 1 N–H and O–H groups in total. The van der Waals surface area contributed by atoms with Gasteiger partial charge in [-0.15, -0.1) is 0 Å². The van der Waals surface area contributed by atoms with E-state index in [9.17, 15) is 9.90 Å². The minimum atomic E-state index is -0.606. The summed E-state index contributed by atoms with van der Waals surface area (Å²) in [5.41, 5.74) is 2.68. The fraction of sp³-hybridized carbons (Fsp3) is 0.667. The molecule has 4 rings (SSSR count). The first-order valence-electron chi connectivity index (χ1n) is 9.50. The number of nitrogens with zero attached hydrogens (tertiary/aromatic N) is 1. The van der Waals surface area contributed by atoms with Crippen molar-refractivity contribution in [1.82, 2.24) is 4.90 Å². The molecule has 1 amide bonds. The molecule has 3 fully saturated rings. The highest BCUT2D eigenvalue weighted by molar-refractivity contribution is 5.81. The van der Waals surface area contributed by atoms with Crippen molar-refractivity contribution in [3.05, 3.63) is 35.4 Å². The maximum Gasteiger partial charge on any atom is 0.225 e. The van der Waals surface area contributed by atoms with Gasteiger partial charge in [-0.1, -0.05) is 31.2 Å². The Labute approximate surface area is 145 Å². The Morgan fingerprint density at radius 3 is 2.71 bits per heavy atom. The summed E-state index contributed by atoms with van der Waals surface area (Å²) in [6, 6.07) is 9.06. The third kappa shape index (κ3) is 2.77. The molecule has 1 aromatic carbocycles. The van der Waals surface area contributed by atoms with Crippen molar-refractivity contribution in [1.29, 1.82) is 0 Å². The zero-order chi connectivity index (χ0) is 16.9. The van der Waals surface area contributed by atoms with E-state index in [1.807, 2.05) is 11.8 Å². The van der Waals surface area contributed by atoms with Gasteiger partial charge < -0.3 is 10.0 Å². The molecule has 2 aliphatic carbocycles. The second kappa shape index (κ2) is 5.59. The van der Waals surface area contributed by atoms with Gasteiger partial charge in [0.15, 0.2) is 0 Å². The molecular formula is C21H29NO2. The van der Waals surface area contributed by atoms with E-state index in [1.165, 1.54) is 30.4 Å². The van der Waals surface area contributed by atoms with E-state index >= 15 is 0 Å². The number of hydrogen-bond donors (Lipinski definition) is 1. The van der Waals surface area contributed by atoms with Crippen molar-refractivity contribution in [2.75, 3.05) is 13.1 Å². The van der Waals surface area contributed by atoms with Gasteiger partial charge in [0.25, 0.3) is 0 Å². The average Bonchev–Trinajstić information content (AvgIpc) is 2.96. The first-order chi connectivity index (χ1) is 11.4. The Morgan fingerprint density at radius 1 is 1.29 bits per heavy atom. The summed E-state index contributed by atoms with van der Waals surface area (Å²) in [5.74, 6) is 1.01. The van der Waals surface area contributed by atoms with E-state index in [0.717, 1.165) is 19.5 Å². The lowest BCUT2D eigenvalue weighted by Crippen LogP contribution is -2.61. The molecule has 1 aliphatic heterocycles. The van der Waals surface area contributed by atoms with Crippen LogP contribution >= 0.6 is 0 Å². The number of amides is 1. The third-order valence-electron chi connectivity index (χ3n) is 6.62. The Balaban J connectivity index is 1.34. The number of benzene rings is 1. The van der Waals surface area contributed by atoms with Gasteiger partial charge in [-0.3, -0.25) is 4.79 Å². The molecular weight excluding hydrogens is 298 g/mol. The highest BCUT2D eigenvalue weighted by Crippen LogP contribution is 2.52. The molecule has 1 spiro atoms. The van der Waals surface area contributed by atoms with Gasteiger partial charge in [-0.2, -0.15) is 0 Å². The van der Waals surface area contributed by atoms with E-state index in [2.05, 4.69) is 31.2 Å². The molecule has 1 heterocycles. The van der Waals surface area contributed by atoms with Crippen molar-refractivity contribution in [2.24, 2.45) is 11.3 Å². The summed E-state index contributed by atoms with van der Waals surface area (Å²) in [5, 5.41) is 9.84. The first-order valence-corrected chi connectivity index (χ1v) is 9.50. The number of rotatable bonds is 3. The van der Waals surface area contributed by atoms with E-state index in [4.69, 9.17) is 0 Å². The van der Waals surface area contributed by atoms with Gasteiger partial charge in [0.2, 0.25) is 5.91 Å². The lowest BCUT2D eigenvalue weighted by molar-refractivity contribution is -0.161. The number of hydrogen-bond acceptors (Lipinski definition) is 2. The largest absolute Gasteiger partial charge is 0.390 e. The highest BCUT2D eigenvalue weighted by Gasteiger charge is 2.53. The minimum Gasteiger partial charge on any atom is -0.390 e. The average molecular weight is 327 g/mol. The Bertz CT molecular complexity index is 637. The molecule has 1 atom stereocenters. The van der Waals surface area contributed by atoms with Crippen LogP contribution in [-0.2, 0) is 11.2 Å². The Hall–Kier alpha value is -1.35. The molecule has 2 saturated carbocycles. The van der Waals surface area contributed by atoms with Gasteiger partial charge in [-0.25, -0.2) is 0 Å². The van der Waals surface area contributed by atoms with Crippen LogP contribution in [0.1, 0.15) is 63.0 Å². The number of aryl methyl sites for hydroxylation is 1. The minimum absolute atomic E-state index is 0.0655. The maximum atomic E-state index is 12.5. The summed E-state index contributed by atoms with van der Waals surface area (Å²) in [4.78, 5) is 14.5. The van der Waals surface area contributed by atoms with Crippen LogP contribution in [-0.4, -0.2) is 34.6 Å². The van der Waals surface area contributed by atoms with Crippen molar-refractivity contribution in [2.45, 2.75) is 63.9 Å². The van der Waals surface area contributed by atoms with Crippen LogP contribution in [0.2, 0.25) is 0 Å². The van der Waals surface area contributed by atoms with Gasteiger partial charge in [0.05, 0.1) is 5.60 Å². The van der Waals surface area contributed by atoms with Crippen LogP contribution < -0.4 is 0 Å². The van der Waals surface area contributed by atoms with Gasteiger partial charge >= 0.3 is 0 Å². The molecule has 3 aliphatic rings. The van der Waals surface area contributed by atoms with Gasteiger partial charge in [0.1, 0.15) is 0 Å². The lowest BCUT2D eigenvalue weighted by Gasteiger charge is -2.52. The molecule has 1 unspecified atom stereocenters. The molecule has 0 bridgehead atoms. The van der Waals surface area contributed by atoms with E-state index in [1.54, 1.807) is 0 Å². The number of carbonyl (C=O) groups excluding carboxylic acids is 1. The Morgan fingerprint density at radius 2 is 2.04 bits per heavy atom. The second-order valence-electron chi connectivity index (χ2n) is 8.83. The topological polar surface area (TPSA) is 40.5 Å². The van der Waals surface area contributed by atoms with Crippen LogP contribution in [0.25, 0.3) is 0 Å². The molecule has 3 nitrogen and oxygen atoms in total. The standard InChI is InChI=1S/C21H29NO2/c1-3-15-5-4-6-16(9-15)17-7-8-21(12-17)13-22(14-21)19(23)18-10-20(2,24)11-18/h4-6,9,17-18,24H,3,7-8,10-14H2,1-2H3. The maximum absolute atomic E-state index is 12.5. The van der Waals surface area contributed by atoms with Crippen molar-refractivity contribution >= 4 is 5.91 Å². The summed E-state index contributed by atoms with van der Waals surface area (Å²) in [6.07, 6.45) is 6.11. The molecule has 130 valence electrons.